The molecule has 0 unspecified atom stereocenters. The Hall–Kier alpha value is -0.970. The van der Waals surface area contributed by atoms with Crippen LogP contribution in [0.3, 0.4) is 0 Å². The lowest BCUT2D eigenvalue weighted by Gasteiger charge is -2.04. The minimum Gasteiger partial charge on any atom is -0.356 e. The second-order valence-electron chi connectivity index (χ2n) is 2.06. The van der Waals surface area contributed by atoms with Gasteiger partial charge in [-0.3, -0.25) is 4.79 Å². The number of aromatic amines is 1. The highest BCUT2D eigenvalue weighted by Gasteiger charge is 2.31. The standard InChI is InChI=1S/C6H3ClF3NO/c7-3-2-11-5(1-4(3)12)6(8,9)10/h1-2H,(H,11,12). The zero-order valence-electron chi connectivity index (χ0n) is 5.57. The van der Waals surface area contributed by atoms with Crippen molar-refractivity contribution >= 4 is 11.6 Å². The van der Waals surface area contributed by atoms with E-state index in [1.54, 1.807) is 0 Å². The van der Waals surface area contributed by atoms with Crippen LogP contribution in [-0.2, 0) is 6.18 Å². The minimum absolute atomic E-state index is 0.261. The monoisotopic (exact) mass is 197 g/mol. The van der Waals surface area contributed by atoms with Gasteiger partial charge in [-0.1, -0.05) is 11.6 Å². The molecule has 6 heteroatoms. The molecule has 1 N–H and O–H groups in total. The van der Waals surface area contributed by atoms with Gasteiger partial charge in [-0.2, -0.15) is 13.2 Å². The average Bonchev–Trinajstić information content (AvgIpc) is 1.92. The Bertz CT molecular complexity index is 343. The van der Waals surface area contributed by atoms with E-state index < -0.39 is 17.3 Å². The second-order valence-corrected chi connectivity index (χ2v) is 2.46. The van der Waals surface area contributed by atoms with Crippen LogP contribution in [0.5, 0.6) is 0 Å². The van der Waals surface area contributed by atoms with Gasteiger partial charge in [0.05, 0.1) is 0 Å². The van der Waals surface area contributed by atoms with E-state index in [1.807, 2.05) is 4.98 Å². The third-order valence-corrected chi connectivity index (χ3v) is 1.47. The summed E-state index contributed by atoms with van der Waals surface area (Å²) >= 11 is 5.22. The first kappa shape index (κ1) is 9.12. The van der Waals surface area contributed by atoms with Crippen molar-refractivity contribution in [1.82, 2.24) is 4.98 Å². The number of nitrogens with one attached hydrogen (secondary N) is 1. The molecule has 12 heavy (non-hydrogen) atoms. The lowest BCUT2D eigenvalue weighted by molar-refractivity contribution is -0.141. The van der Waals surface area contributed by atoms with Crippen LogP contribution in [0.15, 0.2) is 17.1 Å². The molecule has 1 aromatic heterocycles. The topological polar surface area (TPSA) is 32.9 Å². The number of pyridine rings is 1. The Balaban J connectivity index is 3.23. The molecular formula is C6H3ClF3NO. The van der Waals surface area contributed by atoms with Crippen molar-refractivity contribution in [3.8, 4) is 0 Å². The van der Waals surface area contributed by atoms with Crippen molar-refractivity contribution in [2.45, 2.75) is 6.18 Å². The van der Waals surface area contributed by atoms with Crippen LogP contribution in [0.25, 0.3) is 0 Å². The Labute approximate surface area is 70.0 Å². The maximum absolute atomic E-state index is 11.9. The van der Waals surface area contributed by atoms with Crippen molar-refractivity contribution in [2.75, 3.05) is 0 Å². The SMILES string of the molecule is O=c1cc(C(F)(F)F)[nH]cc1Cl. The molecule has 0 saturated heterocycles. The first-order chi connectivity index (χ1) is 5.41. The van der Waals surface area contributed by atoms with E-state index in [4.69, 9.17) is 11.6 Å². The quantitative estimate of drug-likeness (QED) is 0.678. The van der Waals surface area contributed by atoms with Crippen molar-refractivity contribution in [1.29, 1.82) is 0 Å². The van der Waals surface area contributed by atoms with Gasteiger partial charge in [0, 0.05) is 12.3 Å². The smallest absolute Gasteiger partial charge is 0.356 e. The molecule has 0 fully saturated rings. The molecule has 1 aromatic rings. The van der Waals surface area contributed by atoms with Crippen LogP contribution in [0.1, 0.15) is 5.69 Å². The summed E-state index contributed by atoms with van der Waals surface area (Å²) in [4.78, 5) is 12.5. The van der Waals surface area contributed by atoms with Gasteiger partial charge in [0.1, 0.15) is 10.7 Å². The van der Waals surface area contributed by atoms with Crippen LogP contribution in [0.4, 0.5) is 13.2 Å². The van der Waals surface area contributed by atoms with Crippen LogP contribution >= 0.6 is 11.6 Å². The van der Waals surface area contributed by atoms with Crippen LogP contribution in [0, 0.1) is 0 Å². The number of rotatable bonds is 0. The summed E-state index contributed by atoms with van der Waals surface area (Å²) in [5.41, 5.74) is -1.94. The van der Waals surface area contributed by atoms with E-state index in [2.05, 4.69) is 0 Å². The summed E-state index contributed by atoms with van der Waals surface area (Å²) in [7, 11) is 0. The molecule has 0 spiro atoms. The van der Waals surface area contributed by atoms with Crippen molar-refractivity contribution in [2.24, 2.45) is 0 Å². The van der Waals surface area contributed by atoms with Crippen LogP contribution in [-0.4, -0.2) is 4.98 Å². The number of alkyl halides is 3. The third kappa shape index (κ3) is 1.79. The fourth-order valence-corrected chi connectivity index (χ4v) is 0.727. The van der Waals surface area contributed by atoms with Gasteiger partial charge < -0.3 is 4.98 Å². The summed E-state index contributed by atoms with van der Waals surface area (Å²) in [6.45, 7) is 0. The fourth-order valence-electron chi connectivity index (χ4n) is 0.618. The van der Waals surface area contributed by atoms with Gasteiger partial charge in [-0.15, -0.1) is 0 Å². The highest BCUT2D eigenvalue weighted by atomic mass is 35.5. The maximum Gasteiger partial charge on any atom is 0.431 e. The van der Waals surface area contributed by atoms with Gasteiger partial charge in [0.15, 0.2) is 0 Å². The molecule has 2 nitrogen and oxygen atoms in total. The fraction of sp³-hybridized carbons (Fsp3) is 0.167. The second kappa shape index (κ2) is 2.82. The molecule has 0 aliphatic heterocycles. The number of halogens is 4. The molecule has 0 radical (unpaired) electrons. The predicted molar refractivity (Wildman–Crippen MR) is 37.1 cm³/mol. The number of H-pyrrole nitrogens is 1. The van der Waals surface area contributed by atoms with E-state index >= 15 is 0 Å². The first-order valence-electron chi connectivity index (χ1n) is 2.86. The zero-order chi connectivity index (χ0) is 9.35. The number of aromatic nitrogens is 1. The molecular weight excluding hydrogens is 195 g/mol. The van der Waals surface area contributed by atoms with E-state index in [0.29, 0.717) is 6.07 Å². The Morgan fingerprint density at radius 2 is 2.00 bits per heavy atom. The highest BCUT2D eigenvalue weighted by molar-refractivity contribution is 6.30. The lowest BCUT2D eigenvalue weighted by Crippen LogP contribution is -2.13. The number of hydrogen-bond acceptors (Lipinski definition) is 1. The van der Waals surface area contributed by atoms with E-state index in [0.717, 1.165) is 6.20 Å². The average molecular weight is 198 g/mol. The van der Waals surface area contributed by atoms with E-state index in [1.165, 1.54) is 0 Å². The summed E-state index contributed by atoms with van der Waals surface area (Å²) in [5, 5.41) is -0.261. The summed E-state index contributed by atoms with van der Waals surface area (Å²) in [6.07, 6.45) is -3.73. The van der Waals surface area contributed by atoms with Crippen LogP contribution < -0.4 is 5.43 Å². The normalized spacial score (nSPS) is 11.7. The maximum atomic E-state index is 11.9. The van der Waals surface area contributed by atoms with Crippen molar-refractivity contribution in [3.63, 3.8) is 0 Å². The summed E-state index contributed by atoms with van der Waals surface area (Å²) in [6, 6.07) is 0.419. The molecule has 0 bridgehead atoms. The lowest BCUT2D eigenvalue weighted by atomic mass is 10.3. The van der Waals surface area contributed by atoms with Gasteiger partial charge in [0.2, 0.25) is 5.43 Å². The molecule has 66 valence electrons. The highest BCUT2D eigenvalue weighted by Crippen LogP contribution is 2.26. The summed E-state index contributed by atoms with van der Waals surface area (Å²) < 4.78 is 35.7. The van der Waals surface area contributed by atoms with Gasteiger partial charge >= 0.3 is 6.18 Å². The Kier molecular flexibility index (Phi) is 2.14. The van der Waals surface area contributed by atoms with Gasteiger partial charge in [-0.05, 0) is 0 Å². The number of hydrogen-bond donors (Lipinski definition) is 1. The molecule has 0 aromatic carbocycles. The molecule has 0 amide bonds. The van der Waals surface area contributed by atoms with Crippen molar-refractivity contribution < 1.29 is 13.2 Å². The molecule has 0 atom stereocenters. The Morgan fingerprint density at radius 1 is 1.42 bits per heavy atom. The van der Waals surface area contributed by atoms with Gasteiger partial charge in [-0.25, -0.2) is 0 Å². The van der Waals surface area contributed by atoms with Crippen LogP contribution in [0.2, 0.25) is 5.02 Å². The van der Waals surface area contributed by atoms with Crippen molar-refractivity contribution in [3.05, 3.63) is 33.2 Å². The molecule has 1 heterocycles. The molecule has 0 aliphatic carbocycles. The minimum atomic E-state index is -4.54. The largest absolute Gasteiger partial charge is 0.431 e. The molecule has 1 rings (SSSR count). The third-order valence-electron chi connectivity index (χ3n) is 1.17. The molecule has 0 aliphatic rings. The Morgan fingerprint density at radius 3 is 2.42 bits per heavy atom. The predicted octanol–water partition coefficient (Wildman–Crippen LogP) is 2.05. The zero-order valence-corrected chi connectivity index (χ0v) is 6.33. The van der Waals surface area contributed by atoms with Gasteiger partial charge in [0.25, 0.3) is 0 Å². The first-order valence-corrected chi connectivity index (χ1v) is 3.24. The van der Waals surface area contributed by atoms with E-state index in [-0.39, 0.29) is 5.02 Å². The summed E-state index contributed by atoms with van der Waals surface area (Å²) in [5.74, 6) is 0. The molecule has 0 saturated carbocycles. The van der Waals surface area contributed by atoms with E-state index in [9.17, 15) is 18.0 Å².